The van der Waals surface area contributed by atoms with Gasteiger partial charge in [0.15, 0.2) is 0 Å². The number of nitrogens with two attached hydrogens (primary N) is 1. The number of anilines is 1. The molecule has 2 atom stereocenters. The van der Waals surface area contributed by atoms with Crippen molar-refractivity contribution < 1.29 is 13.5 Å². The zero-order chi connectivity index (χ0) is 15.8. The summed E-state index contributed by atoms with van der Waals surface area (Å²) in [6.45, 7) is 0. The van der Waals surface area contributed by atoms with Crippen LogP contribution in [0.3, 0.4) is 0 Å². The lowest BCUT2D eigenvalue weighted by Crippen LogP contribution is -2.46. The van der Waals surface area contributed by atoms with Gasteiger partial charge in [-0.05, 0) is 40.9 Å². The van der Waals surface area contributed by atoms with Gasteiger partial charge in [0.05, 0.1) is 21.5 Å². The second-order valence-electron chi connectivity index (χ2n) is 5.25. The van der Waals surface area contributed by atoms with Crippen LogP contribution in [0.15, 0.2) is 21.5 Å². The van der Waals surface area contributed by atoms with Crippen LogP contribution in [0, 0.1) is 0 Å². The van der Waals surface area contributed by atoms with E-state index in [0.717, 1.165) is 12.8 Å². The molecule has 5 nitrogen and oxygen atoms in total. The number of nitrogens with zero attached hydrogens (tertiary/aromatic N) is 1. The SMILES string of the molecule is CN(C1CCCCC1O)S(=O)(=O)c1cc(Cl)cc(N)c1Br. The van der Waals surface area contributed by atoms with Crippen molar-refractivity contribution >= 4 is 43.2 Å². The molecule has 1 saturated carbocycles. The Kier molecular flexibility index (Phi) is 5.20. The van der Waals surface area contributed by atoms with Gasteiger partial charge in [-0.15, -0.1) is 0 Å². The number of aliphatic hydroxyl groups is 1. The number of benzene rings is 1. The maximum Gasteiger partial charge on any atom is 0.244 e. The molecular weight excluding hydrogens is 380 g/mol. The molecule has 0 saturated heterocycles. The molecule has 3 N–H and O–H groups in total. The average molecular weight is 398 g/mol. The summed E-state index contributed by atoms with van der Waals surface area (Å²) in [5, 5.41) is 10.3. The number of aliphatic hydroxyl groups excluding tert-OH is 1. The summed E-state index contributed by atoms with van der Waals surface area (Å²) in [6.07, 6.45) is 2.43. The highest BCUT2D eigenvalue weighted by atomic mass is 79.9. The van der Waals surface area contributed by atoms with Gasteiger partial charge in [-0.25, -0.2) is 8.42 Å². The van der Waals surface area contributed by atoms with Gasteiger partial charge in [-0.2, -0.15) is 4.31 Å². The lowest BCUT2D eigenvalue weighted by molar-refractivity contribution is 0.0638. The first-order valence-electron chi connectivity index (χ1n) is 6.65. The zero-order valence-corrected chi connectivity index (χ0v) is 14.7. The van der Waals surface area contributed by atoms with Crippen molar-refractivity contribution in [1.82, 2.24) is 4.31 Å². The van der Waals surface area contributed by atoms with E-state index >= 15 is 0 Å². The van der Waals surface area contributed by atoms with Crippen LogP contribution >= 0.6 is 27.5 Å². The van der Waals surface area contributed by atoms with Crippen molar-refractivity contribution in [2.75, 3.05) is 12.8 Å². The molecule has 0 heterocycles. The second kappa shape index (κ2) is 6.42. The Morgan fingerprint density at radius 1 is 1.38 bits per heavy atom. The number of sulfonamides is 1. The molecule has 0 spiro atoms. The van der Waals surface area contributed by atoms with E-state index in [1.165, 1.54) is 23.5 Å². The molecule has 1 aromatic rings. The number of halogens is 2. The Balaban J connectivity index is 2.42. The first-order chi connectivity index (χ1) is 9.75. The number of rotatable bonds is 3. The number of hydrogen-bond acceptors (Lipinski definition) is 4. The van der Waals surface area contributed by atoms with E-state index in [1.54, 1.807) is 0 Å². The third-order valence-electron chi connectivity index (χ3n) is 3.85. The van der Waals surface area contributed by atoms with Crippen molar-refractivity contribution in [3.63, 3.8) is 0 Å². The van der Waals surface area contributed by atoms with Crippen molar-refractivity contribution in [3.05, 3.63) is 21.6 Å². The van der Waals surface area contributed by atoms with Gasteiger partial charge in [0.2, 0.25) is 10.0 Å². The molecule has 21 heavy (non-hydrogen) atoms. The molecule has 0 amide bonds. The number of hydrogen-bond donors (Lipinski definition) is 2. The largest absolute Gasteiger partial charge is 0.398 e. The minimum atomic E-state index is -3.79. The van der Waals surface area contributed by atoms with Crippen LogP contribution in [-0.4, -0.2) is 37.0 Å². The number of likely N-dealkylation sites (N-methyl/N-ethyl adjacent to an activating group) is 1. The Morgan fingerprint density at radius 3 is 2.62 bits per heavy atom. The Morgan fingerprint density at radius 2 is 2.00 bits per heavy atom. The van der Waals surface area contributed by atoms with E-state index < -0.39 is 22.2 Å². The third kappa shape index (κ3) is 3.37. The van der Waals surface area contributed by atoms with Gasteiger partial charge in [0.25, 0.3) is 0 Å². The quantitative estimate of drug-likeness (QED) is 0.768. The fourth-order valence-corrected chi connectivity index (χ4v) is 5.29. The summed E-state index contributed by atoms with van der Waals surface area (Å²) in [4.78, 5) is 0.0211. The minimum Gasteiger partial charge on any atom is -0.398 e. The van der Waals surface area contributed by atoms with Gasteiger partial charge in [0.1, 0.15) is 0 Å². The van der Waals surface area contributed by atoms with E-state index in [0.29, 0.717) is 17.3 Å². The molecule has 0 aliphatic heterocycles. The van der Waals surface area contributed by atoms with Crippen LogP contribution < -0.4 is 5.73 Å². The Bertz CT molecular complexity index is 639. The molecule has 1 aliphatic carbocycles. The topological polar surface area (TPSA) is 83.6 Å². The summed E-state index contributed by atoms with van der Waals surface area (Å²) in [7, 11) is -2.30. The summed E-state index contributed by atoms with van der Waals surface area (Å²) < 4.78 is 27.1. The predicted molar refractivity (Wildman–Crippen MR) is 86.8 cm³/mol. The van der Waals surface area contributed by atoms with Crippen molar-refractivity contribution in [1.29, 1.82) is 0 Å². The molecule has 0 radical (unpaired) electrons. The first kappa shape index (κ1) is 17.0. The van der Waals surface area contributed by atoms with Crippen molar-refractivity contribution in [2.24, 2.45) is 0 Å². The van der Waals surface area contributed by atoms with Crippen LogP contribution in [0.25, 0.3) is 0 Å². The molecule has 0 aromatic heterocycles. The van der Waals surface area contributed by atoms with Gasteiger partial charge in [-0.1, -0.05) is 24.4 Å². The van der Waals surface area contributed by atoms with Crippen LogP contribution in [0.4, 0.5) is 5.69 Å². The Hall–Kier alpha value is -0.340. The fraction of sp³-hybridized carbons (Fsp3) is 0.538. The minimum absolute atomic E-state index is 0.0211. The van der Waals surface area contributed by atoms with E-state index in [4.69, 9.17) is 17.3 Å². The lowest BCUT2D eigenvalue weighted by atomic mass is 9.93. The molecule has 118 valence electrons. The van der Waals surface area contributed by atoms with E-state index in [2.05, 4.69) is 15.9 Å². The van der Waals surface area contributed by atoms with Crippen LogP contribution in [0.5, 0.6) is 0 Å². The highest BCUT2D eigenvalue weighted by molar-refractivity contribution is 9.10. The summed E-state index contributed by atoms with van der Waals surface area (Å²) in [5.41, 5.74) is 6.02. The van der Waals surface area contributed by atoms with Gasteiger partial charge in [0, 0.05) is 17.8 Å². The molecule has 0 bridgehead atoms. The highest BCUT2D eigenvalue weighted by Crippen LogP contribution is 2.35. The summed E-state index contributed by atoms with van der Waals surface area (Å²) >= 11 is 9.12. The smallest absolute Gasteiger partial charge is 0.244 e. The molecule has 1 aromatic carbocycles. The second-order valence-corrected chi connectivity index (χ2v) is 8.44. The van der Waals surface area contributed by atoms with Crippen LogP contribution in [0.2, 0.25) is 5.02 Å². The maximum atomic E-state index is 12.8. The molecule has 1 fully saturated rings. The van der Waals surface area contributed by atoms with Crippen molar-refractivity contribution in [2.45, 2.75) is 42.7 Å². The van der Waals surface area contributed by atoms with Crippen LogP contribution in [-0.2, 0) is 10.0 Å². The summed E-state index contributed by atoms with van der Waals surface area (Å²) in [5.74, 6) is 0. The molecule has 1 aliphatic rings. The first-order valence-corrected chi connectivity index (χ1v) is 9.27. The van der Waals surface area contributed by atoms with E-state index in [-0.39, 0.29) is 15.6 Å². The Labute approximate surface area is 138 Å². The molecule has 2 unspecified atom stereocenters. The fourth-order valence-electron chi connectivity index (χ4n) is 2.62. The predicted octanol–water partition coefficient (Wildman–Crippen LogP) is 2.61. The third-order valence-corrected chi connectivity index (χ3v) is 7.12. The monoisotopic (exact) mass is 396 g/mol. The lowest BCUT2D eigenvalue weighted by Gasteiger charge is -2.34. The standard InChI is InChI=1S/C13H18BrClN2O3S/c1-17(10-4-2-3-5-11(10)18)21(19,20)12-7-8(15)6-9(16)13(12)14/h6-7,10-11,18H,2-5,16H2,1H3. The molecular formula is C13H18BrClN2O3S. The van der Waals surface area contributed by atoms with Crippen LogP contribution in [0.1, 0.15) is 25.7 Å². The normalized spacial score (nSPS) is 23.5. The van der Waals surface area contributed by atoms with E-state index in [1.807, 2.05) is 0 Å². The van der Waals surface area contributed by atoms with Gasteiger partial charge < -0.3 is 10.8 Å². The summed E-state index contributed by atoms with van der Waals surface area (Å²) in [6, 6.07) is 2.43. The van der Waals surface area contributed by atoms with Crippen molar-refractivity contribution in [3.8, 4) is 0 Å². The maximum absolute atomic E-state index is 12.8. The van der Waals surface area contributed by atoms with Gasteiger partial charge in [-0.3, -0.25) is 0 Å². The van der Waals surface area contributed by atoms with E-state index in [9.17, 15) is 13.5 Å². The average Bonchev–Trinajstić information content (AvgIpc) is 2.42. The van der Waals surface area contributed by atoms with Gasteiger partial charge >= 0.3 is 0 Å². The zero-order valence-electron chi connectivity index (χ0n) is 11.6. The number of nitrogen functional groups attached to an aromatic ring is 1. The molecule has 2 rings (SSSR count). The highest BCUT2D eigenvalue weighted by Gasteiger charge is 2.35. The molecule has 8 heteroatoms.